The smallest absolute Gasteiger partial charge is 0.234 e. The molecule has 1 aromatic heterocycles. The number of nitrogens with one attached hydrogen (secondary N) is 1. The van der Waals surface area contributed by atoms with Gasteiger partial charge in [-0.15, -0.1) is 28.5 Å². The largest absolute Gasteiger partial charge is 0.325 e. The Bertz CT molecular complexity index is 1050. The highest BCUT2D eigenvalue weighted by atomic mass is 35.5. The van der Waals surface area contributed by atoms with Crippen molar-refractivity contribution in [3.8, 4) is 0 Å². The molecule has 162 valence electrons. The van der Waals surface area contributed by atoms with Crippen LogP contribution in [-0.4, -0.2) is 26.4 Å². The number of benzene rings is 2. The van der Waals surface area contributed by atoms with E-state index < -0.39 is 0 Å². The maximum Gasteiger partial charge on any atom is 0.234 e. The number of allylic oxidation sites excluding steroid dienone is 1. The number of anilines is 1. The zero-order chi connectivity index (χ0) is 22.2. The Morgan fingerprint density at radius 1 is 1.16 bits per heavy atom. The van der Waals surface area contributed by atoms with Gasteiger partial charge in [0, 0.05) is 28.0 Å². The third-order valence-corrected chi connectivity index (χ3v) is 7.02. The summed E-state index contributed by atoms with van der Waals surface area (Å²) in [6.45, 7) is 6.29. The van der Waals surface area contributed by atoms with Crippen molar-refractivity contribution >= 4 is 58.3 Å². The normalized spacial score (nSPS) is 10.8. The Kier molecular flexibility index (Phi) is 8.90. The lowest BCUT2D eigenvalue weighted by molar-refractivity contribution is -0.113. The summed E-state index contributed by atoms with van der Waals surface area (Å²) in [6, 6.07) is 13.3. The maximum absolute atomic E-state index is 12.4. The van der Waals surface area contributed by atoms with E-state index in [1.807, 2.05) is 47.9 Å². The van der Waals surface area contributed by atoms with Gasteiger partial charge in [0.25, 0.3) is 0 Å². The molecule has 0 saturated carbocycles. The molecule has 0 spiro atoms. The van der Waals surface area contributed by atoms with Crippen molar-refractivity contribution in [2.24, 2.45) is 0 Å². The summed E-state index contributed by atoms with van der Waals surface area (Å²) < 4.78 is 1.99. The van der Waals surface area contributed by atoms with Crippen molar-refractivity contribution in [1.82, 2.24) is 14.8 Å². The van der Waals surface area contributed by atoms with E-state index in [-0.39, 0.29) is 11.7 Å². The molecule has 0 bridgehead atoms. The molecule has 9 heteroatoms. The average Bonchev–Trinajstić information content (AvgIpc) is 3.13. The van der Waals surface area contributed by atoms with Crippen LogP contribution in [0.5, 0.6) is 0 Å². The van der Waals surface area contributed by atoms with Crippen LogP contribution in [0.2, 0.25) is 10.0 Å². The van der Waals surface area contributed by atoms with Gasteiger partial charge < -0.3 is 9.88 Å². The maximum atomic E-state index is 12.4. The minimum absolute atomic E-state index is 0.123. The number of nitrogens with zero attached hydrogens (tertiary/aromatic N) is 3. The monoisotopic (exact) mass is 492 g/mol. The number of hydrogen-bond acceptors (Lipinski definition) is 5. The standard InChI is InChI=1S/C22H22Cl2N4OS2/c1-3-11-28-20(13-30-12-16-7-9-17(23)10-8-16)26-27-22(28)31-14-21(29)25-19-6-4-5-18(24)15(19)2/h3-10H,1,11-14H2,2H3,(H,25,29). The Labute approximate surface area is 200 Å². The quantitative estimate of drug-likeness (QED) is 0.268. The van der Waals surface area contributed by atoms with Crippen molar-refractivity contribution in [1.29, 1.82) is 0 Å². The summed E-state index contributed by atoms with van der Waals surface area (Å²) >= 11 is 15.2. The molecule has 5 nitrogen and oxygen atoms in total. The topological polar surface area (TPSA) is 59.8 Å². The number of thioether (sulfide) groups is 2. The highest BCUT2D eigenvalue weighted by Gasteiger charge is 2.14. The van der Waals surface area contributed by atoms with Gasteiger partial charge in [0.05, 0.1) is 11.5 Å². The molecule has 31 heavy (non-hydrogen) atoms. The predicted octanol–water partition coefficient (Wildman–Crippen LogP) is 6.24. The van der Waals surface area contributed by atoms with E-state index in [1.54, 1.807) is 23.9 Å². The third kappa shape index (κ3) is 6.77. The van der Waals surface area contributed by atoms with Gasteiger partial charge in [-0.1, -0.05) is 59.2 Å². The minimum atomic E-state index is -0.123. The van der Waals surface area contributed by atoms with Crippen LogP contribution in [0.4, 0.5) is 5.69 Å². The average molecular weight is 493 g/mol. The molecule has 1 amide bonds. The highest BCUT2D eigenvalue weighted by molar-refractivity contribution is 7.99. The van der Waals surface area contributed by atoms with Crippen LogP contribution in [0.15, 0.2) is 60.3 Å². The van der Waals surface area contributed by atoms with Crippen molar-refractivity contribution < 1.29 is 4.79 Å². The number of rotatable bonds is 10. The van der Waals surface area contributed by atoms with E-state index in [0.717, 1.165) is 22.2 Å². The molecule has 0 saturated heterocycles. The molecular formula is C22H22Cl2N4OS2. The molecule has 2 aromatic carbocycles. The van der Waals surface area contributed by atoms with Gasteiger partial charge in [-0.05, 0) is 42.3 Å². The van der Waals surface area contributed by atoms with Gasteiger partial charge in [0.15, 0.2) is 5.16 Å². The second-order valence-electron chi connectivity index (χ2n) is 6.67. The summed E-state index contributed by atoms with van der Waals surface area (Å²) in [7, 11) is 0. The molecule has 0 radical (unpaired) electrons. The number of amides is 1. The van der Waals surface area contributed by atoms with E-state index in [4.69, 9.17) is 23.2 Å². The Balaban J connectivity index is 1.57. The van der Waals surface area contributed by atoms with Gasteiger partial charge in [-0.25, -0.2) is 0 Å². The first-order chi connectivity index (χ1) is 15.0. The molecule has 0 unspecified atom stereocenters. The summed E-state index contributed by atoms with van der Waals surface area (Å²) in [5, 5.41) is 13.5. The van der Waals surface area contributed by atoms with Gasteiger partial charge >= 0.3 is 0 Å². The molecule has 1 heterocycles. The lowest BCUT2D eigenvalue weighted by Gasteiger charge is -2.10. The fraction of sp³-hybridized carbons (Fsp3) is 0.227. The first-order valence-corrected chi connectivity index (χ1v) is 12.4. The van der Waals surface area contributed by atoms with Crippen LogP contribution in [-0.2, 0) is 22.8 Å². The zero-order valence-electron chi connectivity index (χ0n) is 17.0. The molecule has 0 aliphatic carbocycles. The Hall–Kier alpha value is -1.93. The van der Waals surface area contributed by atoms with E-state index in [1.165, 1.54) is 17.3 Å². The van der Waals surface area contributed by atoms with Gasteiger partial charge in [0.1, 0.15) is 5.82 Å². The summed E-state index contributed by atoms with van der Waals surface area (Å²) in [4.78, 5) is 12.4. The summed E-state index contributed by atoms with van der Waals surface area (Å²) in [6.07, 6.45) is 1.80. The Morgan fingerprint density at radius 2 is 1.94 bits per heavy atom. The van der Waals surface area contributed by atoms with E-state index >= 15 is 0 Å². The minimum Gasteiger partial charge on any atom is -0.325 e. The van der Waals surface area contributed by atoms with Gasteiger partial charge in [0.2, 0.25) is 5.91 Å². The van der Waals surface area contributed by atoms with Crippen LogP contribution in [0, 0.1) is 6.92 Å². The van der Waals surface area contributed by atoms with Crippen LogP contribution < -0.4 is 5.32 Å². The summed E-state index contributed by atoms with van der Waals surface area (Å²) in [5.74, 6) is 2.51. The lowest BCUT2D eigenvalue weighted by atomic mass is 10.2. The van der Waals surface area contributed by atoms with Gasteiger partial charge in [-0.2, -0.15) is 0 Å². The lowest BCUT2D eigenvalue weighted by Crippen LogP contribution is -2.15. The van der Waals surface area contributed by atoms with Crippen LogP contribution in [0.25, 0.3) is 0 Å². The zero-order valence-corrected chi connectivity index (χ0v) is 20.1. The van der Waals surface area contributed by atoms with Crippen LogP contribution >= 0.6 is 46.7 Å². The molecule has 3 aromatic rings. The van der Waals surface area contributed by atoms with Crippen LogP contribution in [0.1, 0.15) is 17.0 Å². The second-order valence-corrected chi connectivity index (χ2v) is 9.44. The first-order valence-electron chi connectivity index (χ1n) is 9.51. The first kappa shape index (κ1) is 23.7. The third-order valence-electron chi connectivity index (χ3n) is 4.39. The van der Waals surface area contributed by atoms with Crippen molar-refractivity contribution in [3.05, 3.63) is 82.1 Å². The summed E-state index contributed by atoms with van der Waals surface area (Å²) in [5.41, 5.74) is 2.76. The predicted molar refractivity (Wildman–Crippen MR) is 132 cm³/mol. The van der Waals surface area contributed by atoms with Crippen molar-refractivity contribution in [2.75, 3.05) is 11.1 Å². The Morgan fingerprint density at radius 3 is 2.68 bits per heavy atom. The van der Waals surface area contributed by atoms with Crippen molar-refractivity contribution in [3.63, 3.8) is 0 Å². The molecule has 3 rings (SSSR count). The SMILES string of the molecule is C=CCn1c(CSCc2ccc(Cl)cc2)nnc1SCC(=O)Nc1cccc(Cl)c1C. The van der Waals surface area contributed by atoms with Gasteiger partial charge in [-0.3, -0.25) is 4.79 Å². The molecule has 0 aliphatic rings. The highest BCUT2D eigenvalue weighted by Crippen LogP contribution is 2.25. The molecular weight excluding hydrogens is 471 g/mol. The van der Waals surface area contributed by atoms with E-state index in [9.17, 15) is 4.79 Å². The van der Waals surface area contributed by atoms with Crippen molar-refractivity contribution in [2.45, 2.75) is 30.1 Å². The molecule has 0 fully saturated rings. The number of halogens is 2. The molecule has 0 atom stereocenters. The molecule has 1 N–H and O–H groups in total. The fourth-order valence-corrected chi connectivity index (χ4v) is 4.74. The second kappa shape index (κ2) is 11.6. The molecule has 0 aliphatic heterocycles. The van der Waals surface area contributed by atoms with E-state index in [0.29, 0.717) is 28.2 Å². The van der Waals surface area contributed by atoms with Crippen LogP contribution in [0.3, 0.4) is 0 Å². The number of carbonyl (C=O) groups is 1. The fourth-order valence-electron chi connectivity index (χ4n) is 2.75. The number of aromatic nitrogens is 3. The van der Waals surface area contributed by atoms with E-state index in [2.05, 4.69) is 22.1 Å². The number of hydrogen-bond donors (Lipinski definition) is 1. The number of carbonyl (C=O) groups excluding carboxylic acids is 1.